The molecule has 2 heterocycles. The zero-order valence-electron chi connectivity index (χ0n) is 23.8. The lowest BCUT2D eigenvalue weighted by atomic mass is 9.79. The summed E-state index contributed by atoms with van der Waals surface area (Å²) < 4.78 is 2.13. The molecule has 3 fully saturated rings. The fourth-order valence-corrected chi connectivity index (χ4v) is 6.72. The number of pyridine rings is 1. The molecule has 3 saturated carbocycles. The van der Waals surface area contributed by atoms with E-state index in [1.807, 2.05) is 18.5 Å². The number of hydrogen-bond acceptors (Lipinski definition) is 4. The van der Waals surface area contributed by atoms with Crippen molar-refractivity contribution in [2.75, 3.05) is 11.4 Å². The van der Waals surface area contributed by atoms with E-state index in [1.165, 1.54) is 42.1 Å². The van der Waals surface area contributed by atoms with Crippen LogP contribution in [0.25, 0.3) is 16.5 Å². The number of rotatable bonds is 9. The van der Waals surface area contributed by atoms with Gasteiger partial charge in [0.25, 0.3) is 0 Å². The zero-order chi connectivity index (χ0) is 27.5. The van der Waals surface area contributed by atoms with Crippen molar-refractivity contribution in [1.82, 2.24) is 14.9 Å². The van der Waals surface area contributed by atoms with Crippen molar-refractivity contribution >= 4 is 34.3 Å². The second kappa shape index (κ2) is 12.0. The highest BCUT2D eigenvalue weighted by Crippen LogP contribution is 2.38. The summed E-state index contributed by atoms with van der Waals surface area (Å²) in [5.74, 6) is 1.41. The number of hydrogen-bond donors (Lipinski definition) is 2. The van der Waals surface area contributed by atoms with Gasteiger partial charge in [-0.25, -0.2) is 0 Å². The standard InChI is InChI=1S/C34H43N5O/c1-38-17-16-28-19-32(37-22-33(28)38)25-12-10-24(11-13-25)23-39(34(40)26-6-3-2-4-7-26)31-9-5-8-27(18-31)29(20-35)21-36-30-14-15-30/h5,8-9,16-22,24-26,30,35-36H,2-4,6-7,10-15,23H2,1H3/b29-21+,35-20?. The van der Waals surface area contributed by atoms with Gasteiger partial charge in [0.15, 0.2) is 0 Å². The summed E-state index contributed by atoms with van der Waals surface area (Å²) in [6, 6.07) is 13.3. The zero-order valence-corrected chi connectivity index (χ0v) is 23.8. The topological polar surface area (TPSA) is 74.0 Å². The Morgan fingerprint density at radius 3 is 2.60 bits per heavy atom. The first-order chi connectivity index (χ1) is 19.6. The van der Waals surface area contributed by atoms with E-state index in [0.717, 1.165) is 74.7 Å². The van der Waals surface area contributed by atoms with E-state index in [2.05, 4.69) is 58.4 Å². The summed E-state index contributed by atoms with van der Waals surface area (Å²) in [5, 5.41) is 12.7. The van der Waals surface area contributed by atoms with Crippen molar-refractivity contribution < 1.29 is 4.79 Å². The molecule has 6 heteroatoms. The molecule has 0 radical (unpaired) electrons. The first-order valence-corrected chi connectivity index (χ1v) is 15.4. The molecule has 3 aromatic rings. The fraction of sp³-hybridized carbons (Fsp3) is 0.500. The van der Waals surface area contributed by atoms with Crippen LogP contribution in [0.4, 0.5) is 5.69 Å². The number of benzene rings is 1. The summed E-state index contributed by atoms with van der Waals surface area (Å²) in [6.07, 6.45) is 19.9. The van der Waals surface area contributed by atoms with Gasteiger partial charge in [-0.2, -0.15) is 0 Å². The van der Waals surface area contributed by atoms with Crippen LogP contribution in [0.15, 0.2) is 55.0 Å². The molecule has 40 heavy (non-hydrogen) atoms. The summed E-state index contributed by atoms with van der Waals surface area (Å²) in [7, 11) is 2.07. The molecular formula is C34H43N5O. The number of carbonyl (C=O) groups excluding carboxylic acids is 1. The highest BCUT2D eigenvalue weighted by atomic mass is 16.2. The van der Waals surface area contributed by atoms with E-state index >= 15 is 0 Å². The first-order valence-electron chi connectivity index (χ1n) is 15.4. The average Bonchev–Trinajstić information content (AvgIpc) is 3.77. The quantitative estimate of drug-likeness (QED) is 0.283. The van der Waals surface area contributed by atoms with Gasteiger partial charge in [0.2, 0.25) is 5.91 Å². The lowest BCUT2D eigenvalue weighted by molar-refractivity contribution is -0.123. The molecule has 6 rings (SSSR count). The molecule has 1 amide bonds. The Morgan fingerprint density at radius 1 is 1.05 bits per heavy atom. The van der Waals surface area contributed by atoms with Gasteiger partial charge in [-0.15, -0.1) is 0 Å². The molecular weight excluding hydrogens is 494 g/mol. The number of aryl methyl sites for hydroxylation is 1. The van der Waals surface area contributed by atoms with E-state index in [1.54, 1.807) is 0 Å². The molecule has 0 bridgehead atoms. The van der Waals surface area contributed by atoms with Crippen molar-refractivity contribution in [2.45, 2.75) is 82.6 Å². The summed E-state index contributed by atoms with van der Waals surface area (Å²) in [5.41, 5.74) is 5.23. The van der Waals surface area contributed by atoms with E-state index in [4.69, 9.17) is 10.4 Å². The maximum Gasteiger partial charge on any atom is 0.230 e. The van der Waals surface area contributed by atoms with Gasteiger partial charge in [-0.1, -0.05) is 31.4 Å². The van der Waals surface area contributed by atoms with Gasteiger partial charge >= 0.3 is 0 Å². The molecule has 0 spiro atoms. The van der Waals surface area contributed by atoms with Crippen molar-refractivity contribution in [3.05, 3.63) is 66.2 Å². The number of nitrogens with zero attached hydrogens (tertiary/aromatic N) is 3. The van der Waals surface area contributed by atoms with E-state index in [9.17, 15) is 4.79 Å². The minimum atomic E-state index is 0.129. The molecule has 1 aromatic carbocycles. The molecule has 0 unspecified atom stereocenters. The van der Waals surface area contributed by atoms with Crippen molar-refractivity contribution in [1.29, 1.82) is 5.41 Å². The van der Waals surface area contributed by atoms with Gasteiger partial charge < -0.3 is 20.2 Å². The monoisotopic (exact) mass is 537 g/mol. The number of fused-ring (bicyclic) bond motifs is 1. The number of nitrogens with one attached hydrogen (secondary N) is 2. The first kappa shape index (κ1) is 26.8. The fourth-order valence-electron chi connectivity index (χ4n) is 6.72. The largest absolute Gasteiger partial charge is 0.388 e. The molecule has 6 nitrogen and oxygen atoms in total. The van der Waals surface area contributed by atoms with Crippen molar-refractivity contribution in [2.24, 2.45) is 18.9 Å². The predicted octanol–water partition coefficient (Wildman–Crippen LogP) is 7.20. The van der Waals surface area contributed by atoms with Crippen LogP contribution in [-0.2, 0) is 11.8 Å². The van der Waals surface area contributed by atoms with Gasteiger partial charge in [-0.3, -0.25) is 9.78 Å². The van der Waals surface area contributed by atoms with E-state index in [-0.39, 0.29) is 5.92 Å². The van der Waals surface area contributed by atoms with Crippen LogP contribution in [0.5, 0.6) is 0 Å². The number of carbonyl (C=O) groups is 1. The van der Waals surface area contributed by atoms with Crippen LogP contribution in [0.1, 0.15) is 87.8 Å². The third-order valence-electron chi connectivity index (χ3n) is 9.42. The third-order valence-corrected chi connectivity index (χ3v) is 9.42. The maximum atomic E-state index is 14.0. The molecule has 0 saturated heterocycles. The molecule has 3 aliphatic rings. The predicted molar refractivity (Wildman–Crippen MR) is 164 cm³/mol. The van der Waals surface area contributed by atoms with Gasteiger partial charge in [0.1, 0.15) is 0 Å². The maximum absolute atomic E-state index is 14.0. The van der Waals surface area contributed by atoms with Crippen LogP contribution in [0, 0.1) is 17.2 Å². The Morgan fingerprint density at radius 2 is 1.85 bits per heavy atom. The third kappa shape index (κ3) is 6.01. The molecule has 2 N–H and O–H groups in total. The second-order valence-electron chi connectivity index (χ2n) is 12.3. The molecule has 2 aromatic heterocycles. The van der Waals surface area contributed by atoms with Gasteiger partial charge in [0, 0.05) is 72.4 Å². The lowest BCUT2D eigenvalue weighted by Gasteiger charge is -2.35. The molecule has 0 atom stereocenters. The highest BCUT2D eigenvalue weighted by molar-refractivity contribution is 6.08. The van der Waals surface area contributed by atoms with Crippen LogP contribution >= 0.6 is 0 Å². The number of anilines is 1. The van der Waals surface area contributed by atoms with Crippen LogP contribution < -0.4 is 10.2 Å². The SMILES string of the molecule is Cn1ccc2cc(C3CCC(CN(C(=O)C4CCCCC4)c4cccc(/C(C=N)=C/NC5CC5)c4)CC3)ncc21. The average molecular weight is 538 g/mol. The van der Waals surface area contributed by atoms with E-state index < -0.39 is 0 Å². The molecule has 0 aliphatic heterocycles. The number of amides is 1. The van der Waals surface area contributed by atoms with E-state index in [0.29, 0.717) is 23.8 Å². The lowest BCUT2D eigenvalue weighted by Crippen LogP contribution is -2.41. The van der Waals surface area contributed by atoms with Crippen molar-refractivity contribution in [3.8, 4) is 0 Å². The minimum absolute atomic E-state index is 0.129. The second-order valence-corrected chi connectivity index (χ2v) is 12.3. The van der Waals surface area contributed by atoms with Crippen LogP contribution in [-0.4, -0.2) is 34.3 Å². The van der Waals surface area contributed by atoms with Crippen molar-refractivity contribution in [3.63, 3.8) is 0 Å². The van der Waals surface area contributed by atoms with Gasteiger partial charge in [0.05, 0.1) is 11.7 Å². The minimum Gasteiger partial charge on any atom is -0.388 e. The Kier molecular flexibility index (Phi) is 8.03. The Labute approximate surface area is 238 Å². The smallest absolute Gasteiger partial charge is 0.230 e. The Bertz CT molecular complexity index is 1370. The number of aromatic nitrogens is 2. The Hall–Kier alpha value is -3.41. The summed E-state index contributed by atoms with van der Waals surface area (Å²) in [4.78, 5) is 20.9. The van der Waals surface area contributed by atoms with Crippen LogP contribution in [0.2, 0.25) is 0 Å². The van der Waals surface area contributed by atoms with Crippen LogP contribution in [0.3, 0.4) is 0 Å². The normalized spacial score (nSPS) is 22.3. The highest BCUT2D eigenvalue weighted by Gasteiger charge is 2.31. The summed E-state index contributed by atoms with van der Waals surface area (Å²) in [6.45, 7) is 0.778. The Balaban J connectivity index is 1.18. The summed E-state index contributed by atoms with van der Waals surface area (Å²) >= 11 is 0. The van der Waals surface area contributed by atoms with Gasteiger partial charge in [-0.05, 0) is 87.1 Å². The molecule has 210 valence electrons. The molecule has 3 aliphatic carbocycles. The number of allylic oxidation sites excluding steroid dienone is 1.